The van der Waals surface area contributed by atoms with Crippen LogP contribution in [0.4, 0.5) is 0 Å². The van der Waals surface area contributed by atoms with Crippen molar-refractivity contribution < 1.29 is 5.11 Å². The van der Waals surface area contributed by atoms with E-state index >= 15 is 0 Å². The first-order chi connectivity index (χ1) is 14.8. The van der Waals surface area contributed by atoms with E-state index in [0.717, 1.165) is 18.3 Å². The Kier molecular flexibility index (Phi) is 6.14. The van der Waals surface area contributed by atoms with Gasteiger partial charge in [-0.05, 0) is 116 Å². The van der Waals surface area contributed by atoms with E-state index in [2.05, 4.69) is 62.0 Å². The molecule has 0 saturated heterocycles. The van der Waals surface area contributed by atoms with Gasteiger partial charge in [0.1, 0.15) is 0 Å². The van der Waals surface area contributed by atoms with Crippen LogP contribution in [0.5, 0.6) is 0 Å². The summed E-state index contributed by atoms with van der Waals surface area (Å²) in [6.45, 7) is 23.9. The summed E-state index contributed by atoms with van der Waals surface area (Å²) in [6, 6.07) is 0. The van der Waals surface area contributed by atoms with Gasteiger partial charge in [-0.15, -0.1) is 0 Å². The van der Waals surface area contributed by atoms with Crippen LogP contribution >= 0.6 is 0 Å². The molecule has 1 heteroatoms. The first-order valence-electron chi connectivity index (χ1n) is 13.9. The van der Waals surface area contributed by atoms with Crippen molar-refractivity contribution in [2.75, 3.05) is 0 Å². The molecule has 1 nitrogen and oxygen atoms in total. The van der Waals surface area contributed by atoms with Gasteiger partial charge in [0.2, 0.25) is 0 Å². The molecule has 0 bridgehead atoms. The lowest BCUT2D eigenvalue weighted by Crippen LogP contribution is -2.55. The smallest absolute Gasteiger partial charge is 0.0594 e. The van der Waals surface area contributed by atoms with Crippen LogP contribution < -0.4 is 0 Å². The summed E-state index contributed by atoms with van der Waals surface area (Å²) in [5, 5.41) is 10.8. The zero-order valence-electron chi connectivity index (χ0n) is 22.6. The summed E-state index contributed by atoms with van der Waals surface area (Å²) in [5.41, 5.74) is 6.25. The van der Waals surface area contributed by atoms with Gasteiger partial charge in [0.15, 0.2) is 0 Å². The number of aliphatic hydroxyl groups is 1. The molecule has 8 unspecified atom stereocenters. The molecule has 0 aliphatic heterocycles. The van der Waals surface area contributed by atoms with Crippen molar-refractivity contribution in [3.05, 3.63) is 23.3 Å². The molecular formula is C31H52O. The van der Waals surface area contributed by atoms with Crippen molar-refractivity contribution in [3.8, 4) is 0 Å². The van der Waals surface area contributed by atoms with E-state index in [9.17, 15) is 5.11 Å². The summed E-state index contributed by atoms with van der Waals surface area (Å²) in [6.07, 6.45) is 12.7. The molecule has 4 aliphatic carbocycles. The van der Waals surface area contributed by atoms with Crippen molar-refractivity contribution in [2.45, 2.75) is 126 Å². The summed E-state index contributed by atoms with van der Waals surface area (Å²) in [7, 11) is 0. The lowest BCUT2D eigenvalue weighted by atomic mass is 9.43. The number of aliphatic hydroxyl groups excluding tert-OH is 1. The highest BCUT2D eigenvalue weighted by Gasteiger charge is 2.63. The molecule has 0 amide bonds. The number of allylic oxidation sites excluding steroid dienone is 3. The van der Waals surface area contributed by atoms with Gasteiger partial charge in [-0.3, -0.25) is 0 Å². The third kappa shape index (κ3) is 3.34. The minimum atomic E-state index is -0.134. The Morgan fingerprint density at radius 3 is 2.28 bits per heavy atom. The molecule has 0 aromatic heterocycles. The highest BCUT2D eigenvalue weighted by atomic mass is 16.3. The summed E-state index contributed by atoms with van der Waals surface area (Å²) in [5.74, 6) is 2.94. The number of hydrogen-bond acceptors (Lipinski definition) is 1. The molecule has 32 heavy (non-hydrogen) atoms. The second-order valence-corrected chi connectivity index (χ2v) is 14.0. The van der Waals surface area contributed by atoms with Crippen LogP contribution in [0.2, 0.25) is 0 Å². The number of fused-ring (bicyclic) bond motifs is 4. The van der Waals surface area contributed by atoms with Gasteiger partial charge >= 0.3 is 0 Å². The predicted octanol–water partition coefficient (Wildman–Crippen LogP) is 8.73. The molecule has 4 rings (SSSR count). The SMILES string of the molecule is C=C(C)C(C)CCC(C)C1CCC2(C)C3=C(CCC12C)C1(C)CCC(O)C(C)(C)C1CC3. The Balaban J connectivity index is 1.62. The normalized spacial score (nSPS) is 45.0. The van der Waals surface area contributed by atoms with Crippen LogP contribution in [0.3, 0.4) is 0 Å². The third-order valence-electron chi connectivity index (χ3n) is 12.4. The van der Waals surface area contributed by atoms with Gasteiger partial charge < -0.3 is 5.11 Å². The lowest BCUT2D eigenvalue weighted by molar-refractivity contribution is -0.0962. The number of hydrogen-bond donors (Lipinski definition) is 1. The van der Waals surface area contributed by atoms with Crippen LogP contribution in [0.25, 0.3) is 0 Å². The monoisotopic (exact) mass is 440 g/mol. The Hall–Kier alpha value is -0.560. The maximum absolute atomic E-state index is 10.8. The quantitative estimate of drug-likeness (QED) is 0.424. The largest absolute Gasteiger partial charge is 0.393 e. The fourth-order valence-corrected chi connectivity index (χ4v) is 9.59. The van der Waals surface area contributed by atoms with Crippen molar-refractivity contribution in [2.24, 2.45) is 45.3 Å². The summed E-state index contributed by atoms with van der Waals surface area (Å²) >= 11 is 0. The minimum absolute atomic E-state index is 0.0416. The van der Waals surface area contributed by atoms with Gasteiger partial charge in [0, 0.05) is 0 Å². The molecule has 0 aromatic rings. The Labute approximate surface area is 199 Å². The van der Waals surface area contributed by atoms with Crippen molar-refractivity contribution in [3.63, 3.8) is 0 Å². The molecule has 4 aliphatic rings. The van der Waals surface area contributed by atoms with Gasteiger partial charge in [0.25, 0.3) is 0 Å². The molecule has 2 fully saturated rings. The van der Waals surface area contributed by atoms with E-state index < -0.39 is 0 Å². The molecule has 0 heterocycles. The lowest BCUT2D eigenvalue weighted by Gasteiger charge is -2.62. The average Bonchev–Trinajstić information content (AvgIpc) is 3.00. The van der Waals surface area contributed by atoms with Crippen LogP contribution in [0.1, 0.15) is 120 Å². The maximum Gasteiger partial charge on any atom is 0.0594 e. The van der Waals surface area contributed by atoms with Gasteiger partial charge in [-0.25, -0.2) is 0 Å². The van der Waals surface area contributed by atoms with E-state index in [1.807, 2.05) is 11.1 Å². The average molecular weight is 441 g/mol. The van der Waals surface area contributed by atoms with Crippen LogP contribution in [0, 0.1) is 45.3 Å². The third-order valence-corrected chi connectivity index (χ3v) is 12.4. The predicted molar refractivity (Wildman–Crippen MR) is 137 cm³/mol. The molecule has 0 radical (unpaired) electrons. The molecule has 0 aromatic carbocycles. The van der Waals surface area contributed by atoms with Crippen molar-refractivity contribution in [1.29, 1.82) is 0 Å². The second kappa shape index (κ2) is 8.00. The van der Waals surface area contributed by atoms with Gasteiger partial charge in [-0.1, -0.05) is 71.8 Å². The first-order valence-corrected chi connectivity index (χ1v) is 13.9. The highest BCUT2D eigenvalue weighted by molar-refractivity contribution is 5.38. The van der Waals surface area contributed by atoms with Crippen LogP contribution in [-0.4, -0.2) is 11.2 Å². The van der Waals surface area contributed by atoms with E-state index in [1.54, 1.807) is 0 Å². The molecule has 1 N–H and O–H groups in total. The molecule has 8 atom stereocenters. The molecule has 2 saturated carbocycles. The summed E-state index contributed by atoms with van der Waals surface area (Å²) in [4.78, 5) is 0. The molecule has 182 valence electrons. The fraction of sp³-hybridized carbons (Fsp3) is 0.871. The van der Waals surface area contributed by atoms with Crippen molar-refractivity contribution >= 4 is 0 Å². The topological polar surface area (TPSA) is 20.2 Å². The number of rotatable bonds is 5. The highest BCUT2D eigenvalue weighted by Crippen LogP contribution is 2.72. The Morgan fingerprint density at radius 1 is 0.938 bits per heavy atom. The van der Waals surface area contributed by atoms with Crippen LogP contribution in [0.15, 0.2) is 23.3 Å². The minimum Gasteiger partial charge on any atom is -0.393 e. The second-order valence-electron chi connectivity index (χ2n) is 14.0. The fourth-order valence-electron chi connectivity index (χ4n) is 9.59. The van der Waals surface area contributed by atoms with E-state index in [0.29, 0.717) is 28.1 Å². The Morgan fingerprint density at radius 2 is 1.62 bits per heavy atom. The van der Waals surface area contributed by atoms with Crippen LogP contribution in [-0.2, 0) is 0 Å². The van der Waals surface area contributed by atoms with Gasteiger partial charge in [0.05, 0.1) is 6.10 Å². The van der Waals surface area contributed by atoms with Crippen molar-refractivity contribution in [1.82, 2.24) is 0 Å². The zero-order chi connectivity index (χ0) is 23.7. The first kappa shape index (κ1) is 24.6. The van der Waals surface area contributed by atoms with E-state index in [4.69, 9.17) is 0 Å². The molecular weight excluding hydrogens is 388 g/mol. The summed E-state index contributed by atoms with van der Waals surface area (Å²) < 4.78 is 0. The zero-order valence-corrected chi connectivity index (χ0v) is 22.6. The van der Waals surface area contributed by atoms with E-state index in [1.165, 1.54) is 63.4 Å². The maximum atomic E-state index is 10.8. The van der Waals surface area contributed by atoms with E-state index in [-0.39, 0.29) is 11.5 Å². The standard InChI is InChI=1S/C31H52O/c1-20(2)21(3)10-11-22(4)23-14-18-31(9)25-12-13-26-28(5,6)27(32)16-17-29(26,7)24(25)15-19-30(23,31)8/h21-23,26-27,32H,1,10-19H2,2-9H3. The van der Waals surface area contributed by atoms with Gasteiger partial charge in [-0.2, -0.15) is 0 Å². The Bertz CT molecular complexity index is 788. The molecule has 0 spiro atoms.